The number of nitrogens with zero attached hydrogens (tertiary/aromatic N) is 1. The number of ether oxygens (including phenoxy) is 1. The summed E-state index contributed by atoms with van der Waals surface area (Å²) in [6, 6.07) is 12.0. The molecule has 0 spiro atoms. The number of benzene rings is 2. The third-order valence-electron chi connectivity index (χ3n) is 4.23. The Labute approximate surface area is 165 Å². The monoisotopic (exact) mass is 389 g/mol. The molecule has 0 aliphatic heterocycles. The molecular formula is C22H25ClFNO2. The Balaban J connectivity index is 2.19. The van der Waals surface area contributed by atoms with Crippen molar-refractivity contribution >= 4 is 29.3 Å². The number of carbonyl (C=O) groups excluding carboxylic acids is 1. The van der Waals surface area contributed by atoms with Crippen LogP contribution < -0.4 is 9.64 Å². The molecule has 27 heavy (non-hydrogen) atoms. The largest absolute Gasteiger partial charge is 0.496 e. The quantitative estimate of drug-likeness (QED) is 0.484. The van der Waals surface area contributed by atoms with Crippen molar-refractivity contribution in [2.45, 2.75) is 32.6 Å². The van der Waals surface area contributed by atoms with Crippen molar-refractivity contribution < 1.29 is 13.9 Å². The predicted molar refractivity (Wildman–Crippen MR) is 110 cm³/mol. The van der Waals surface area contributed by atoms with Crippen molar-refractivity contribution in [2.24, 2.45) is 0 Å². The van der Waals surface area contributed by atoms with Gasteiger partial charge in [-0.1, -0.05) is 61.7 Å². The zero-order valence-corrected chi connectivity index (χ0v) is 16.5. The van der Waals surface area contributed by atoms with Gasteiger partial charge in [-0.15, -0.1) is 0 Å². The minimum absolute atomic E-state index is 0.00389. The lowest BCUT2D eigenvalue weighted by Crippen LogP contribution is -2.30. The Morgan fingerprint density at radius 1 is 1.22 bits per heavy atom. The summed E-state index contributed by atoms with van der Waals surface area (Å²) in [5, 5.41) is 0.00701. The van der Waals surface area contributed by atoms with E-state index < -0.39 is 5.82 Å². The number of hydrogen-bond acceptors (Lipinski definition) is 2. The molecular weight excluding hydrogens is 365 g/mol. The first-order valence-corrected chi connectivity index (χ1v) is 9.49. The van der Waals surface area contributed by atoms with Crippen LogP contribution in [0, 0.1) is 5.82 Å². The zero-order chi connectivity index (χ0) is 19.6. The van der Waals surface area contributed by atoms with E-state index in [1.807, 2.05) is 36.4 Å². The van der Waals surface area contributed by atoms with Crippen LogP contribution in [0.15, 0.2) is 48.5 Å². The first-order valence-electron chi connectivity index (χ1n) is 9.11. The van der Waals surface area contributed by atoms with Gasteiger partial charge in [0.2, 0.25) is 5.91 Å². The highest BCUT2D eigenvalue weighted by molar-refractivity contribution is 6.31. The zero-order valence-electron chi connectivity index (χ0n) is 15.8. The van der Waals surface area contributed by atoms with E-state index in [1.165, 1.54) is 12.1 Å². The molecule has 0 aliphatic carbocycles. The number of rotatable bonds is 9. The maximum Gasteiger partial charge on any atom is 0.227 e. The van der Waals surface area contributed by atoms with E-state index in [1.54, 1.807) is 18.1 Å². The van der Waals surface area contributed by atoms with Crippen molar-refractivity contribution in [3.05, 3.63) is 64.9 Å². The van der Waals surface area contributed by atoms with Gasteiger partial charge in [-0.25, -0.2) is 4.39 Å². The van der Waals surface area contributed by atoms with Crippen molar-refractivity contribution in [3.8, 4) is 5.75 Å². The van der Waals surface area contributed by atoms with Gasteiger partial charge in [0, 0.05) is 24.2 Å². The summed E-state index contributed by atoms with van der Waals surface area (Å²) >= 11 is 5.91. The number of anilines is 1. The van der Waals surface area contributed by atoms with Gasteiger partial charge >= 0.3 is 0 Å². The average Bonchev–Trinajstić information content (AvgIpc) is 2.68. The molecule has 2 rings (SSSR count). The van der Waals surface area contributed by atoms with E-state index in [0.717, 1.165) is 30.6 Å². The van der Waals surface area contributed by atoms with E-state index in [9.17, 15) is 9.18 Å². The molecule has 0 unspecified atom stereocenters. The van der Waals surface area contributed by atoms with Crippen LogP contribution in [-0.2, 0) is 4.79 Å². The van der Waals surface area contributed by atoms with Gasteiger partial charge in [-0.05, 0) is 30.7 Å². The lowest BCUT2D eigenvalue weighted by molar-refractivity contribution is -0.118. The third kappa shape index (κ3) is 6.10. The van der Waals surface area contributed by atoms with E-state index >= 15 is 0 Å². The summed E-state index contributed by atoms with van der Waals surface area (Å²) in [5.41, 5.74) is 1.52. The van der Waals surface area contributed by atoms with Crippen LogP contribution in [0.1, 0.15) is 38.2 Å². The number of methoxy groups -OCH3 is 1. The van der Waals surface area contributed by atoms with Crippen LogP contribution in [0.5, 0.6) is 5.75 Å². The first-order chi connectivity index (χ1) is 13.1. The van der Waals surface area contributed by atoms with Crippen LogP contribution in [0.4, 0.5) is 10.1 Å². The van der Waals surface area contributed by atoms with E-state index in [4.69, 9.17) is 16.3 Å². The highest BCUT2D eigenvalue weighted by atomic mass is 35.5. The Morgan fingerprint density at radius 2 is 2.00 bits per heavy atom. The fraction of sp³-hybridized carbons (Fsp3) is 0.318. The second-order valence-corrected chi connectivity index (χ2v) is 6.61. The Bertz CT molecular complexity index is 792. The molecule has 0 N–H and O–H groups in total. The van der Waals surface area contributed by atoms with Gasteiger partial charge in [0.25, 0.3) is 0 Å². The summed E-state index contributed by atoms with van der Waals surface area (Å²) in [5.74, 6) is 0.263. The number of unbranched alkanes of at least 4 members (excludes halogenated alkanes) is 2. The molecule has 0 heterocycles. The number of halogens is 2. The molecule has 0 atom stereocenters. The molecule has 0 radical (unpaired) electrons. The third-order valence-corrected chi connectivity index (χ3v) is 4.52. The molecule has 0 aromatic heterocycles. The van der Waals surface area contributed by atoms with Gasteiger partial charge in [0.05, 0.1) is 12.1 Å². The summed E-state index contributed by atoms with van der Waals surface area (Å²) < 4.78 is 18.8. The molecule has 0 saturated carbocycles. The van der Waals surface area contributed by atoms with Crippen molar-refractivity contribution in [1.29, 1.82) is 0 Å². The standard InChI is InChI=1S/C22H25ClFNO2/c1-3-4-5-12-22(26)25(18-13-14-20(24)19(23)16-18)15-8-10-17-9-6-7-11-21(17)27-2/h6-11,13-14,16H,3-5,12,15H2,1-2H3/b10-8+. The fourth-order valence-corrected chi connectivity index (χ4v) is 2.93. The maximum atomic E-state index is 13.5. The fourth-order valence-electron chi connectivity index (χ4n) is 2.75. The molecule has 5 heteroatoms. The minimum Gasteiger partial charge on any atom is -0.496 e. The molecule has 2 aromatic rings. The van der Waals surface area contributed by atoms with Gasteiger partial charge in [0.15, 0.2) is 0 Å². The van der Waals surface area contributed by atoms with Gasteiger partial charge in [-0.3, -0.25) is 4.79 Å². The van der Waals surface area contributed by atoms with E-state index in [0.29, 0.717) is 18.7 Å². The highest BCUT2D eigenvalue weighted by Crippen LogP contribution is 2.24. The van der Waals surface area contributed by atoms with E-state index in [-0.39, 0.29) is 10.9 Å². The Morgan fingerprint density at radius 3 is 2.70 bits per heavy atom. The number of carbonyl (C=O) groups is 1. The Kier molecular flexibility index (Phi) is 8.34. The number of hydrogen-bond donors (Lipinski definition) is 0. The van der Waals surface area contributed by atoms with Crippen LogP contribution in [0.25, 0.3) is 6.08 Å². The smallest absolute Gasteiger partial charge is 0.227 e. The molecule has 1 amide bonds. The minimum atomic E-state index is -0.497. The average molecular weight is 390 g/mol. The highest BCUT2D eigenvalue weighted by Gasteiger charge is 2.15. The molecule has 144 valence electrons. The molecule has 0 bridgehead atoms. The lowest BCUT2D eigenvalue weighted by Gasteiger charge is -2.22. The van der Waals surface area contributed by atoms with Gasteiger partial charge in [0.1, 0.15) is 11.6 Å². The first kappa shape index (κ1) is 21.0. The summed E-state index contributed by atoms with van der Waals surface area (Å²) in [4.78, 5) is 14.3. The molecule has 3 nitrogen and oxygen atoms in total. The van der Waals surface area contributed by atoms with E-state index in [2.05, 4.69) is 6.92 Å². The van der Waals surface area contributed by atoms with Crippen LogP contribution in [-0.4, -0.2) is 19.6 Å². The molecule has 0 aliphatic rings. The second-order valence-electron chi connectivity index (χ2n) is 6.20. The molecule has 0 fully saturated rings. The second kappa shape index (κ2) is 10.7. The predicted octanol–water partition coefficient (Wildman–Crippen LogP) is 6.11. The molecule has 0 saturated heterocycles. The summed E-state index contributed by atoms with van der Waals surface area (Å²) in [6.45, 7) is 2.46. The van der Waals surface area contributed by atoms with Gasteiger partial charge in [-0.2, -0.15) is 0 Å². The topological polar surface area (TPSA) is 29.5 Å². The van der Waals surface area contributed by atoms with Crippen molar-refractivity contribution in [2.75, 3.05) is 18.6 Å². The molecule has 2 aromatic carbocycles. The van der Waals surface area contributed by atoms with Crippen LogP contribution in [0.2, 0.25) is 5.02 Å². The SMILES string of the molecule is CCCCCC(=O)N(C/C=C/c1ccccc1OC)c1ccc(F)c(Cl)c1. The summed E-state index contributed by atoms with van der Waals surface area (Å²) in [6.07, 6.45) is 7.13. The Hall–Kier alpha value is -2.33. The maximum absolute atomic E-state index is 13.5. The number of para-hydroxylation sites is 1. The summed E-state index contributed by atoms with van der Waals surface area (Å²) in [7, 11) is 1.62. The van der Waals surface area contributed by atoms with Crippen LogP contribution >= 0.6 is 11.6 Å². The van der Waals surface area contributed by atoms with Crippen LogP contribution in [0.3, 0.4) is 0 Å². The normalized spacial score (nSPS) is 11.0. The van der Waals surface area contributed by atoms with Crippen molar-refractivity contribution in [1.82, 2.24) is 0 Å². The number of amides is 1. The van der Waals surface area contributed by atoms with Crippen molar-refractivity contribution in [3.63, 3.8) is 0 Å². The van der Waals surface area contributed by atoms with Gasteiger partial charge < -0.3 is 9.64 Å². The lowest BCUT2D eigenvalue weighted by atomic mass is 10.1.